The van der Waals surface area contributed by atoms with Crippen LogP contribution in [0, 0.1) is 0 Å². The maximum absolute atomic E-state index is 13.0. The Morgan fingerprint density at radius 1 is 0.938 bits per heavy atom. The third-order valence-electron chi connectivity index (χ3n) is 5.98. The molecule has 2 aliphatic rings. The van der Waals surface area contributed by atoms with Crippen molar-refractivity contribution in [1.29, 1.82) is 0 Å². The van der Waals surface area contributed by atoms with Gasteiger partial charge in [-0.15, -0.1) is 10.2 Å². The largest absolute Gasteiger partial charge is 0.378 e. The lowest BCUT2D eigenvalue weighted by molar-refractivity contribution is -0.129. The molecule has 1 amide bonds. The number of carbonyl (C=O) groups is 1. The Morgan fingerprint density at radius 2 is 1.69 bits per heavy atom. The first-order valence-corrected chi connectivity index (χ1v) is 12.0. The van der Waals surface area contributed by atoms with Crippen molar-refractivity contribution >= 4 is 23.6 Å². The second-order valence-electron chi connectivity index (χ2n) is 8.08. The van der Waals surface area contributed by atoms with Crippen LogP contribution in [0.4, 0.5) is 5.95 Å². The van der Waals surface area contributed by atoms with Crippen molar-refractivity contribution in [2.75, 3.05) is 43.5 Å². The smallest absolute Gasteiger partial charge is 0.233 e. The van der Waals surface area contributed by atoms with Gasteiger partial charge in [0.1, 0.15) is 0 Å². The van der Waals surface area contributed by atoms with E-state index in [9.17, 15) is 4.79 Å². The van der Waals surface area contributed by atoms with Crippen LogP contribution >= 0.6 is 11.8 Å². The molecule has 166 valence electrons. The van der Waals surface area contributed by atoms with E-state index >= 15 is 0 Å². The molecule has 1 aromatic heterocycles. The van der Waals surface area contributed by atoms with Crippen molar-refractivity contribution < 1.29 is 9.53 Å². The summed E-state index contributed by atoms with van der Waals surface area (Å²) in [6, 6.07) is 18.7. The minimum Gasteiger partial charge on any atom is -0.378 e. The highest BCUT2D eigenvalue weighted by molar-refractivity contribution is 7.99. The van der Waals surface area contributed by atoms with Crippen LogP contribution in [0.25, 0.3) is 0 Å². The Balaban J connectivity index is 1.30. The number of morpholine rings is 1. The topological polar surface area (TPSA) is 63.5 Å². The zero-order valence-electron chi connectivity index (χ0n) is 18.0. The summed E-state index contributed by atoms with van der Waals surface area (Å²) in [6.45, 7) is 5.10. The number of ether oxygens (including phenoxy) is 1. The molecular weight excluding hydrogens is 422 g/mol. The van der Waals surface area contributed by atoms with Crippen LogP contribution in [0.5, 0.6) is 0 Å². The van der Waals surface area contributed by atoms with Gasteiger partial charge >= 0.3 is 0 Å². The van der Waals surface area contributed by atoms with E-state index in [0.29, 0.717) is 32.1 Å². The molecule has 0 spiro atoms. The lowest BCUT2D eigenvalue weighted by atomic mass is 10.00. The highest BCUT2D eigenvalue weighted by atomic mass is 32.2. The summed E-state index contributed by atoms with van der Waals surface area (Å²) in [4.78, 5) is 17.1. The summed E-state index contributed by atoms with van der Waals surface area (Å²) >= 11 is 1.47. The number of fused-ring (bicyclic) bond motifs is 1. The number of hydrogen-bond acceptors (Lipinski definition) is 6. The highest BCUT2D eigenvalue weighted by Crippen LogP contribution is 2.26. The summed E-state index contributed by atoms with van der Waals surface area (Å²) in [7, 11) is 0. The second kappa shape index (κ2) is 9.75. The number of rotatable bonds is 6. The van der Waals surface area contributed by atoms with Gasteiger partial charge in [-0.2, -0.15) is 0 Å². The van der Waals surface area contributed by atoms with E-state index in [1.165, 1.54) is 28.5 Å². The van der Waals surface area contributed by atoms with Gasteiger partial charge < -0.3 is 14.5 Å². The van der Waals surface area contributed by atoms with Crippen LogP contribution in [-0.2, 0) is 29.0 Å². The van der Waals surface area contributed by atoms with Gasteiger partial charge in [-0.1, -0.05) is 66.4 Å². The molecule has 8 heteroatoms. The normalized spacial score (nSPS) is 16.1. The predicted molar refractivity (Wildman–Crippen MR) is 125 cm³/mol. The van der Waals surface area contributed by atoms with Gasteiger partial charge in [0.25, 0.3) is 0 Å². The molecule has 0 saturated carbocycles. The van der Waals surface area contributed by atoms with E-state index in [4.69, 9.17) is 4.74 Å². The monoisotopic (exact) mass is 449 g/mol. The first-order chi connectivity index (χ1) is 15.8. The summed E-state index contributed by atoms with van der Waals surface area (Å²) in [5, 5.41) is 9.74. The molecule has 32 heavy (non-hydrogen) atoms. The Bertz CT molecular complexity index is 1070. The Kier molecular flexibility index (Phi) is 6.41. The van der Waals surface area contributed by atoms with Crippen molar-refractivity contribution in [2.24, 2.45) is 0 Å². The van der Waals surface area contributed by atoms with Crippen LogP contribution in [0.1, 0.15) is 16.7 Å². The highest BCUT2D eigenvalue weighted by Gasteiger charge is 2.24. The van der Waals surface area contributed by atoms with Crippen molar-refractivity contribution in [1.82, 2.24) is 19.7 Å². The molecule has 2 aromatic carbocycles. The maximum Gasteiger partial charge on any atom is 0.233 e. The molecule has 5 rings (SSSR count). The summed E-state index contributed by atoms with van der Waals surface area (Å²) in [5.74, 6) is 1.35. The SMILES string of the molecule is O=C(CSc1nnc(N2CCOCC2)n1Cc1ccccc1)N1CCc2ccccc2C1. The molecule has 0 radical (unpaired) electrons. The van der Waals surface area contributed by atoms with Gasteiger partial charge in [-0.25, -0.2) is 0 Å². The molecule has 0 aliphatic carbocycles. The predicted octanol–water partition coefficient (Wildman–Crippen LogP) is 2.84. The van der Waals surface area contributed by atoms with Crippen LogP contribution < -0.4 is 4.90 Å². The van der Waals surface area contributed by atoms with E-state index in [1.807, 2.05) is 29.2 Å². The van der Waals surface area contributed by atoms with Crippen LogP contribution in [0.15, 0.2) is 59.8 Å². The number of thioether (sulfide) groups is 1. The van der Waals surface area contributed by atoms with Gasteiger partial charge in [0.05, 0.1) is 25.5 Å². The van der Waals surface area contributed by atoms with Gasteiger partial charge in [0.15, 0.2) is 5.16 Å². The van der Waals surface area contributed by atoms with Crippen molar-refractivity contribution in [3.63, 3.8) is 0 Å². The number of amides is 1. The maximum atomic E-state index is 13.0. The van der Waals surface area contributed by atoms with Gasteiger partial charge in [0, 0.05) is 26.2 Å². The number of anilines is 1. The molecule has 1 saturated heterocycles. The van der Waals surface area contributed by atoms with Gasteiger partial charge in [-0.05, 0) is 23.1 Å². The standard InChI is InChI=1S/C24H27N5O2S/c30-22(28-11-10-20-8-4-5-9-21(20)17-28)18-32-24-26-25-23(27-12-14-31-15-13-27)29(24)16-19-6-2-1-3-7-19/h1-9H,10-18H2. The third-order valence-corrected chi connectivity index (χ3v) is 6.93. The minimum atomic E-state index is 0.145. The van der Waals surface area contributed by atoms with Crippen molar-refractivity contribution in [3.8, 4) is 0 Å². The average Bonchev–Trinajstić information content (AvgIpc) is 3.25. The van der Waals surface area contributed by atoms with E-state index in [0.717, 1.165) is 37.2 Å². The third kappa shape index (κ3) is 4.66. The summed E-state index contributed by atoms with van der Waals surface area (Å²) < 4.78 is 7.63. The Morgan fingerprint density at radius 3 is 2.50 bits per heavy atom. The number of nitrogens with zero attached hydrogens (tertiary/aromatic N) is 5. The fourth-order valence-electron chi connectivity index (χ4n) is 4.22. The van der Waals surface area contributed by atoms with Gasteiger partial charge in [0.2, 0.25) is 11.9 Å². The van der Waals surface area contributed by atoms with Gasteiger partial charge in [-0.3, -0.25) is 9.36 Å². The summed E-state index contributed by atoms with van der Waals surface area (Å²) in [5.41, 5.74) is 3.78. The first-order valence-electron chi connectivity index (χ1n) is 11.0. The molecule has 7 nitrogen and oxygen atoms in total. The Labute approximate surface area is 192 Å². The van der Waals surface area contributed by atoms with E-state index in [2.05, 4.69) is 50.0 Å². The Hall–Kier alpha value is -2.84. The van der Waals surface area contributed by atoms with Crippen molar-refractivity contribution in [3.05, 3.63) is 71.3 Å². The van der Waals surface area contributed by atoms with Crippen LogP contribution in [-0.4, -0.2) is 64.2 Å². The molecular formula is C24H27N5O2S. The molecule has 3 aromatic rings. The molecule has 0 unspecified atom stereocenters. The fraction of sp³-hybridized carbons (Fsp3) is 0.375. The molecule has 1 fully saturated rings. The number of hydrogen-bond donors (Lipinski definition) is 0. The van der Waals surface area contributed by atoms with E-state index in [1.54, 1.807) is 0 Å². The summed E-state index contributed by atoms with van der Waals surface area (Å²) in [6.07, 6.45) is 0.915. The molecule has 0 bridgehead atoms. The van der Waals surface area contributed by atoms with Crippen molar-refractivity contribution in [2.45, 2.75) is 24.7 Å². The van der Waals surface area contributed by atoms with E-state index < -0.39 is 0 Å². The second-order valence-corrected chi connectivity index (χ2v) is 9.02. The zero-order valence-corrected chi connectivity index (χ0v) is 18.8. The number of aromatic nitrogens is 3. The molecule has 0 N–H and O–H groups in total. The van der Waals surface area contributed by atoms with Crippen LogP contribution in [0.2, 0.25) is 0 Å². The lowest BCUT2D eigenvalue weighted by Gasteiger charge is -2.29. The minimum absolute atomic E-state index is 0.145. The molecule has 0 atom stereocenters. The lowest BCUT2D eigenvalue weighted by Crippen LogP contribution is -2.38. The molecule has 3 heterocycles. The first kappa shape index (κ1) is 21.0. The number of benzene rings is 2. The van der Waals surface area contributed by atoms with Crippen LogP contribution in [0.3, 0.4) is 0 Å². The fourth-order valence-corrected chi connectivity index (χ4v) is 5.05. The van der Waals surface area contributed by atoms with E-state index in [-0.39, 0.29) is 5.91 Å². The quantitative estimate of drug-likeness (QED) is 0.540. The zero-order chi connectivity index (χ0) is 21.8. The average molecular weight is 450 g/mol. The number of carbonyl (C=O) groups excluding carboxylic acids is 1. The molecule has 2 aliphatic heterocycles.